The SMILES string of the molecule is CCS(=O)(=O)CCN1CCC(N2Cc3cc4c(cc3C2=O)CC(c2c(N[C@@H](C)Cc3cccs3)cc[nH]c2=O)=N4)CC1. The first-order chi connectivity index (χ1) is 20.2. The number of aliphatic imine (C=N–C) groups is 1. The van der Waals surface area contributed by atoms with Crippen molar-refractivity contribution in [3.8, 4) is 0 Å². The minimum absolute atomic E-state index is 0.0515. The van der Waals surface area contributed by atoms with Crippen molar-refractivity contribution in [2.75, 3.05) is 36.5 Å². The van der Waals surface area contributed by atoms with E-state index < -0.39 is 9.84 Å². The number of rotatable bonds is 10. The number of hydrogen-bond donors (Lipinski definition) is 2. The predicted octanol–water partition coefficient (Wildman–Crippen LogP) is 4.01. The van der Waals surface area contributed by atoms with Crippen molar-refractivity contribution in [1.82, 2.24) is 14.8 Å². The largest absolute Gasteiger partial charge is 0.381 e. The van der Waals surface area contributed by atoms with E-state index in [0.717, 1.165) is 60.4 Å². The van der Waals surface area contributed by atoms with Gasteiger partial charge in [0.15, 0.2) is 9.84 Å². The number of nitrogens with zero attached hydrogens (tertiary/aromatic N) is 3. The molecule has 1 amide bonds. The summed E-state index contributed by atoms with van der Waals surface area (Å²) in [4.78, 5) is 39.7. The highest BCUT2D eigenvalue weighted by Gasteiger charge is 2.36. The van der Waals surface area contributed by atoms with Gasteiger partial charge in [-0.1, -0.05) is 13.0 Å². The maximum absolute atomic E-state index is 13.5. The summed E-state index contributed by atoms with van der Waals surface area (Å²) in [6.45, 7) is 6.49. The van der Waals surface area contributed by atoms with Crippen LogP contribution in [0.25, 0.3) is 0 Å². The fourth-order valence-corrected chi connectivity index (χ4v) is 7.93. The van der Waals surface area contributed by atoms with Crippen LogP contribution in [0, 0.1) is 0 Å². The van der Waals surface area contributed by atoms with Gasteiger partial charge in [-0.2, -0.15) is 0 Å². The third kappa shape index (κ3) is 5.95. The van der Waals surface area contributed by atoms with Crippen LogP contribution in [0.5, 0.6) is 0 Å². The van der Waals surface area contributed by atoms with E-state index in [9.17, 15) is 18.0 Å². The molecule has 3 aliphatic rings. The molecule has 2 N–H and O–H groups in total. The summed E-state index contributed by atoms with van der Waals surface area (Å²) in [5, 5.41) is 5.59. The molecule has 0 aliphatic carbocycles. The molecule has 3 aromatic rings. The summed E-state index contributed by atoms with van der Waals surface area (Å²) in [6, 6.07) is 10.3. The Morgan fingerprint density at radius 3 is 2.71 bits per heavy atom. The summed E-state index contributed by atoms with van der Waals surface area (Å²) in [5.41, 5.74) is 5.35. The Kier molecular flexibility index (Phi) is 8.08. The summed E-state index contributed by atoms with van der Waals surface area (Å²) >= 11 is 1.72. The summed E-state index contributed by atoms with van der Waals surface area (Å²) in [7, 11) is -2.98. The molecule has 1 atom stereocenters. The Morgan fingerprint density at radius 1 is 1.17 bits per heavy atom. The first-order valence-corrected chi connectivity index (χ1v) is 17.4. The number of thiophene rings is 1. The molecule has 1 saturated heterocycles. The van der Waals surface area contributed by atoms with Crippen LogP contribution in [0.2, 0.25) is 0 Å². The van der Waals surface area contributed by atoms with Gasteiger partial charge >= 0.3 is 0 Å². The molecule has 6 rings (SSSR count). The number of pyridine rings is 1. The lowest BCUT2D eigenvalue weighted by Crippen LogP contribution is -2.46. The Morgan fingerprint density at radius 2 is 1.98 bits per heavy atom. The molecular formula is C31H37N5O4S2. The second-order valence-corrected chi connectivity index (χ2v) is 15.0. The van der Waals surface area contributed by atoms with Crippen LogP contribution in [-0.2, 0) is 29.2 Å². The van der Waals surface area contributed by atoms with Crippen molar-refractivity contribution in [2.45, 2.75) is 58.2 Å². The van der Waals surface area contributed by atoms with Crippen LogP contribution < -0.4 is 10.9 Å². The molecule has 42 heavy (non-hydrogen) atoms. The van der Waals surface area contributed by atoms with Crippen LogP contribution in [0.1, 0.15) is 58.6 Å². The molecule has 0 unspecified atom stereocenters. The van der Waals surface area contributed by atoms with Crippen molar-refractivity contribution in [3.63, 3.8) is 0 Å². The number of nitrogens with one attached hydrogen (secondary N) is 2. The van der Waals surface area contributed by atoms with Crippen LogP contribution >= 0.6 is 11.3 Å². The van der Waals surface area contributed by atoms with Crippen LogP contribution in [0.15, 0.2) is 51.7 Å². The quantitative estimate of drug-likeness (QED) is 0.360. The number of piperidine rings is 1. The molecule has 0 saturated carbocycles. The van der Waals surface area contributed by atoms with Crippen molar-refractivity contribution < 1.29 is 13.2 Å². The average Bonchev–Trinajstić information content (AvgIpc) is 3.70. The maximum atomic E-state index is 13.5. The highest BCUT2D eigenvalue weighted by Crippen LogP contribution is 2.37. The van der Waals surface area contributed by atoms with E-state index in [1.165, 1.54) is 4.88 Å². The second-order valence-electron chi connectivity index (χ2n) is 11.5. The number of carbonyl (C=O) groups excluding carboxylic acids is 1. The van der Waals surface area contributed by atoms with Crippen molar-refractivity contribution in [1.29, 1.82) is 0 Å². The molecule has 0 radical (unpaired) electrons. The van der Waals surface area contributed by atoms with Crippen LogP contribution in [0.4, 0.5) is 11.4 Å². The Hall–Kier alpha value is -3.28. The van der Waals surface area contributed by atoms with Crippen LogP contribution in [0.3, 0.4) is 0 Å². The zero-order valence-electron chi connectivity index (χ0n) is 24.1. The monoisotopic (exact) mass is 607 g/mol. The maximum Gasteiger partial charge on any atom is 0.259 e. The minimum atomic E-state index is -2.98. The number of aromatic amines is 1. The van der Waals surface area contributed by atoms with Crippen molar-refractivity contribution in [2.24, 2.45) is 4.99 Å². The van der Waals surface area contributed by atoms with Gasteiger partial charge in [-0.15, -0.1) is 11.3 Å². The van der Waals surface area contributed by atoms with E-state index in [2.05, 4.69) is 33.6 Å². The number of carbonyl (C=O) groups is 1. The second kappa shape index (κ2) is 11.8. The Labute approximate surface area is 250 Å². The number of sulfone groups is 1. The minimum Gasteiger partial charge on any atom is -0.381 e. The number of anilines is 1. The summed E-state index contributed by atoms with van der Waals surface area (Å²) in [6.07, 6.45) is 4.70. The van der Waals surface area contributed by atoms with Gasteiger partial charge in [0.1, 0.15) is 0 Å². The molecule has 1 fully saturated rings. The smallest absolute Gasteiger partial charge is 0.259 e. The van der Waals surface area contributed by atoms with Crippen molar-refractivity contribution in [3.05, 3.63) is 79.4 Å². The van der Waals surface area contributed by atoms with E-state index in [0.29, 0.717) is 30.8 Å². The Balaban J connectivity index is 1.14. The van der Waals surface area contributed by atoms with Gasteiger partial charge in [0.05, 0.1) is 28.4 Å². The van der Waals surface area contributed by atoms with Gasteiger partial charge in [-0.25, -0.2) is 8.42 Å². The lowest BCUT2D eigenvalue weighted by molar-refractivity contribution is 0.0602. The van der Waals surface area contributed by atoms with Gasteiger partial charge in [-0.05, 0) is 60.5 Å². The standard InChI is InChI=1S/C31H37N5O4S2/c1-3-42(39,40)14-12-35-10-7-23(8-11-35)36-19-22-18-27-21(16-25(22)31(36)38)17-28(34-27)29-26(6-9-32-30(29)37)33-20(2)15-24-5-4-13-41-24/h4-6,9,13,16,18,20,23H,3,7-8,10-12,14-15,17,19H2,1-2H3,(H2,32,33,37)/t20-/m0/s1. The van der Waals surface area contributed by atoms with E-state index in [4.69, 9.17) is 4.99 Å². The van der Waals surface area contributed by atoms with Gasteiger partial charge < -0.3 is 20.1 Å². The number of likely N-dealkylation sites (tertiary alicyclic amines) is 1. The van der Waals surface area contributed by atoms with E-state index in [1.54, 1.807) is 24.5 Å². The van der Waals surface area contributed by atoms with E-state index in [-0.39, 0.29) is 35.1 Å². The predicted molar refractivity (Wildman–Crippen MR) is 168 cm³/mol. The molecule has 222 valence electrons. The van der Waals surface area contributed by atoms with E-state index in [1.807, 2.05) is 29.2 Å². The molecule has 11 heteroatoms. The highest BCUT2D eigenvalue weighted by molar-refractivity contribution is 7.91. The molecule has 2 aromatic heterocycles. The van der Waals surface area contributed by atoms with Gasteiger partial charge in [-0.3, -0.25) is 14.6 Å². The lowest BCUT2D eigenvalue weighted by Gasteiger charge is -2.36. The topological polar surface area (TPSA) is 115 Å². The molecule has 0 spiro atoms. The number of fused-ring (bicyclic) bond motifs is 2. The molecule has 3 aliphatic heterocycles. The third-order valence-electron chi connectivity index (χ3n) is 8.64. The molecular weight excluding hydrogens is 571 g/mol. The number of H-pyrrole nitrogens is 1. The van der Waals surface area contributed by atoms with Crippen molar-refractivity contribution >= 4 is 44.2 Å². The molecule has 9 nitrogen and oxygen atoms in total. The summed E-state index contributed by atoms with van der Waals surface area (Å²) in [5.74, 6) is 0.418. The fourth-order valence-electron chi connectivity index (χ4n) is 6.27. The first-order valence-electron chi connectivity index (χ1n) is 14.7. The third-order valence-corrected chi connectivity index (χ3v) is 11.2. The molecule has 1 aromatic carbocycles. The van der Waals surface area contributed by atoms with Gasteiger partial charge in [0.2, 0.25) is 0 Å². The molecule has 5 heterocycles. The number of hydrogen-bond acceptors (Lipinski definition) is 8. The molecule has 0 bridgehead atoms. The zero-order chi connectivity index (χ0) is 29.4. The lowest BCUT2D eigenvalue weighted by atomic mass is 10.00. The normalized spacial score (nSPS) is 18.2. The Bertz CT molecular complexity index is 1670. The highest BCUT2D eigenvalue weighted by atomic mass is 32.2. The number of amides is 1. The fraction of sp³-hybridized carbons (Fsp3) is 0.452. The number of benzene rings is 1. The average molecular weight is 608 g/mol. The first kappa shape index (κ1) is 28.8. The number of aromatic nitrogens is 1. The van der Waals surface area contributed by atoms with Gasteiger partial charge in [0.25, 0.3) is 11.5 Å². The summed E-state index contributed by atoms with van der Waals surface area (Å²) < 4.78 is 23.8. The van der Waals surface area contributed by atoms with E-state index >= 15 is 0 Å². The van der Waals surface area contributed by atoms with Crippen LogP contribution in [-0.4, -0.2) is 78.0 Å². The van der Waals surface area contributed by atoms with Gasteiger partial charge in [0, 0.05) is 73.5 Å². The zero-order valence-corrected chi connectivity index (χ0v) is 25.7.